The Bertz CT molecular complexity index is 522. The Morgan fingerprint density at radius 2 is 2.10 bits per heavy atom. The third-order valence-electron chi connectivity index (χ3n) is 2.43. The van der Waals surface area contributed by atoms with Gasteiger partial charge < -0.3 is 21.9 Å². The first-order valence-corrected chi connectivity index (χ1v) is 6.23. The zero-order chi connectivity index (χ0) is 15.8. The van der Waals surface area contributed by atoms with Crippen LogP contribution in [-0.4, -0.2) is 50.6 Å². The highest BCUT2D eigenvalue weighted by molar-refractivity contribution is 5.79. The molecule has 116 valence electrons. The Morgan fingerprint density at radius 1 is 1.38 bits per heavy atom. The maximum Gasteiger partial charge on any atom is 0.352 e. The lowest BCUT2D eigenvalue weighted by molar-refractivity contribution is -0.136. The largest absolute Gasteiger partial charge is 0.388 e. The Kier molecular flexibility index (Phi) is 6.20. The van der Waals surface area contributed by atoms with E-state index in [1.807, 2.05) is 0 Å². The predicted octanol–water partition coefficient (Wildman–Crippen LogP) is -1.62. The van der Waals surface area contributed by atoms with E-state index in [1.165, 1.54) is 0 Å². The number of rotatable bonds is 7. The molecule has 1 amide bonds. The third-order valence-corrected chi connectivity index (χ3v) is 2.43. The number of tetrazole rings is 1. The summed E-state index contributed by atoms with van der Waals surface area (Å²) in [5.41, 5.74) is 16.0. The summed E-state index contributed by atoms with van der Waals surface area (Å²) in [6.45, 7) is 2.27. The molecule has 0 saturated carbocycles. The molecule has 1 heterocycles. The summed E-state index contributed by atoms with van der Waals surface area (Å²) in [5.74, 6) is -0.234. The van der Waals surface area contributed by atoms with E-state index in [1.54, 1.807) is 6.92 Å². The monoisotopic (exact) mass is 298 g/mol. The normalized spacial score (nSPS) is 13.0. The minimum atomic E-state index is -0.966. The molecule has 1 aromatic heterocycles. The fourth-order valence-corrected chi connectivity index (χ4v) is 1.40. The second kappa shape index (κ2) is 7.89. The number of esters is 1. The van der Waals surface area contributed by atoms with E-state index in [0.717, 1.165) is 6.42 Å². The van der Waals surface area contributed by atoms with Crippen LogP contribution in [0.15, 0.2) is 4.99 Å². The molecular weight excluding hydrogens is 280 g/mol. The van der Waals surface area contributed by atoms with E-state index in [2.05, 4.69) is 20.5 Å². The molecule has 0 aliphatic carbocycles. The molecule has 0 radical (unpaired) electrons. The van der Waals surface area contributed by atoms with Crippen molar-refractivity contribution < 1.29 is 14.3 Å². The molecule has 11 nitrogen and oxygen atoms in total. The van der Waals surface area contributed by atoms with Crippen molar-refractivity contribution in [3.63, 3.8) is 0 Å². The van der Waals surface area contributed by atoms with Crippen LogP contribution in [0.4, 0.5) is 4.79 Å². The summed E-state index contributed by atoms with van der Waals surface area (Å²) < 4.78 is 5.38. The van der Waals surface area contributed by atoms with E-state index < -0.39 is 24.1 Å². The lowest BCUT2D eigenvalue weighted by Crippen LogP contribution is -2.35. The Hall–Kier alpha value is -2.56. The maximum absolute atomic E-state index is 11.7. The summed E-state index contributed by atoms with van der Waals surface area (Å²) in [6, 6.07) is -2.23. The van der Waals surface area contributed by atoms with Crippen LogP contribution in [0.3, 0.4) is 0 Å². The van der Waals surface area contributed by atoms with Gasteiger partial charge in [0, 0.05) is 6.54 Å². The van der Waals surface area contributed by atoms with Gasteiger partial charge in [-0.15, -0.1) is 4.68 Å². The number of nitrogens with zero attached hydrogens (tertiary/aromatic N) is 5. The zero-order valence-corrected chi connectivity index (χ0v) is 11.6. The Balaban J connectivity index is 2.39. The maximum atomic E-state index is 11.7. The number of amides is 1. The van der Waals surface area contributed by atoms with Gasteiger partial charge in [0.15, 0.2) is 0 Å². The first-order valence-electron chi connectivity index (χ1n) is 6.23. The minimum Gasteiger partial charge on any atom is -0.388 e. The van der Waals surface area contributed by atoms with Crippen molar-refractivity contribution in [2.75, 3.05) is 6.54 Å². The molecule has 1 atom stereocenters. The lowest BCUT2D eigenvalue weighted by atomic mass is 10.1. The van der Waals surface area contributed by atoms with Gasteiger partial charge in [-0.1, -0.05) is 5.10 Å². The van der Waals surface area contributed by atoms with E-state index in [-0.39, 0.29) is 0 Å². The SMILES string of the molecule is CC(N)=NCCCC[C@H](N)C(=O)Oc1nnnn1C(N)=O. The average Bonchev–Trinajstić information content (AvgIpc) is 2.85. The molecule has 0 aliphatic heterocycles. The number of primary amides is 1. The molecule has 0 bridgehead atoms. The molecule has 6 N–H and O–H groups in total. The molecule has 0 unspecified atom stereocenters. The quantitative estimate of drug-likeness (QED) is 0.177. The lowest BCUT2D eigenvalue weighted by Gasteiger charge is -2.09. The number of aliphatic imine (C=N–C) groups is 1. The van der Waals surface area contributed by atoms with Crippen LogP contribution in [0.25, 0.3) is 0 Å². The third kappa shape index (κ3) is 5.52. The molecule has 1 aromatic rings. The molecule has 11 heteroatoms. The highest BCUT2D eigenvalue weighted by Gasteiger charge is 2.20. The van der Waals surface area contributed by atoms with Gasteiger partial charge in [0.1, 0.15) is 6.04 Å². The number of hydrogen-bond acceptors (Lipinski definition) is 8. The Morgan fingerprint density at radius 3 is 2.71 bits per heavy atom. The molecule has 0 aliphatic rings. The van der Waals surface area contributed by atoms with Gasteiger partial charge in [-0.3, -0.25) is 4.99 Å². The summed E-state index contributed by atoms with van der Waals surface area (Å²) >= 11 is 0. The zero-order valence-electron chi connectivity index (χ0n) is 11.6. The van der Waals surface area contributed by atoms with Crippen LogP contribution in [0.1, 0.15) is 26.2 Å². The molecular formula is C10H18N8O3. The smallest absolute Gasteiger partial charge is 0.352 e. The van der Waals surface area contributed by atoms with Crippen LogP contribution in [0.5, 0.6) is 6.01 Å². The number of hydrogen-bond donors (Lipinski definition) is 3. The number of ether oxygens (including phenoxy) is 1. The van der Waals surface area contributed by atoms with Crippen LogP contribution in [0.2, 0.25) is 0 Å². The number of unbranched alkanes of at least 4 members (excludes halogenated alkanes) is 1. The van der Waals surface area contributed by atoms with E-state index in [9.17, 15) is 9.59 Å². The van der Waals surface area contributed by atoms with Gasteiger partial charge in [-0.2, -0.15) is 0 Å². The molecule has 0 saturated heterocycles. The number of carbonyl (C=O) groups is 2. The Labute approximate surface area is 120 Å². The molecule has 0 spiro atoms. The van der Waals surface area contributed by atoms with Gasteiger partial charge in [0.2, 0.25) is 0 Å². The van der Waals surface area contributed by atoms with Crippen molar-refractivity contribution in [3.8, 4) is 6.01 Å². The summed E-state index contributed by atoms with van der Waals surface area (Å²) in [7, 11) is 0. The fourth-order valence-electron chi connectivity index (χ4n) is 1.40. The number of carbonyl (C=O) groups excluding carboxylic acids is 2. The van der Waals surface area contributed by atoms with Gasteiger partial charge in [-0.05, 0) is 36.6 Å². The number of aromatic nitrogens is 4. The predicted molar refractivity (Wildman–Crippen MR) is 72.4 cm³/mol. The van der Waals surface area contributed by atoms with Crippen LogP contribution in [-0.2, 0) is 4.79 Å². The van der Waals surface area contributed by atoms with Gasteiger partial charge in [0.25, 0.3) is 0 Å². The minimum absolute atomic E-state index is 0.399. The second-order valence-corrected chi connectivity index (χ2v) is 4.26. The van der Waals surface area contributed by atoms with Gasteiger partial charge in [-0.25, -0.2) is 9.59 Å². The number of nitrogens with two attached hydrogens (primary N) is 3. The molecule has 0 aromatic carbocycles. The van der Waals surface area contributed by atoms with Crippen molar-refractivity contribution in [1.29, 1.82) is 0 Å². The highest BCUT2D eigenvalue weighted by atomic mass is 16.6. The van der Waals surface area contributed by atoms with Crippen LogP contribution >= 0.6 is 0 Å². The second-order valence-electron chi connectivity index (χ2n) is 4.26. The van der Waals surface area contributed by atoms with Gasteiger partial charge >= 0.3 is 18.0 Å². The van der Waals surface area contributed by atoms with Crippen molar-refractivity contribution in [3.05, 3.63) is 0 Å². The van der Waals surface area contributed by atoms with Gasteiger partial charge in [0.05, 0.1) is 5.84 Å². The topological polar surface area (TPSA) is 177 Å². The van der Waals surface area contributed by atoms with E-state index in [0.29, 0.717) is 29.9 Å². The first-order chi connectivity index (χ1) is 9.91. The average molecular weight is 298 g/mol. The summed E-state index contributed by atoms with van der Waals surface area (Å²) in [6.07, 6.45) is 1.82. The van der Waals surface area contributed by atoms with Crippen LogP contribution in [0, 0.1) is 0 Å². The molecule has 21 heavy (non-hydrogen) atoms. The first kappa shape index (κ1) is 16.5. The van der Waals surface area contributed by atoms with E-state index in [4.69, 9.17) is 21.9 Å². The molecule has 0 fully saturated rings. The highest BCUT2D eigenvalue weighted by Crippen LogP contribution is 2.06. The van der Waals surface area contributed by atoms with E-state index >= 15 is 0 Å². The number of amidine groups is 1. The van der Waals surface area contributed by atoms with Crippen molar-refractivity contribution in [2.24, 2.45) is 22.2 Å². The fraction of sp³-hybridized carbons (Fsp3) is 0.600. The standard InChI is InChI=1S/C10H18N8O3/c1-6(11)14-5-3-2-4-7(12)8(19)21-10-15-16-17-18(10)9(13)20/h7H,2-5,12H2,1H3,(H2,11,14)(H2,13,20)/t7-/m0/s1. The van der Waals surface area contributed by atoms with Crippen molar-refractivity contribution in [2.45, 2.75) is 32.2 Å². The summed E-state index contributed by atoms with van der Waals surface area (Å²) in [5, 5.41) is 9.80. The summed E-state index contributed by atoms with van der Waals surface area (Å²) in [4.78, 5) is 26.6. The van der Waals surface area contributed by atoms with Crippen molar-refractivity contribution in [1.82, 2.24) is 20.2 Å². The van der Waals surface area contributed by atoms with Crippen LogP contribution < -0.4 is 21.9 Å². The molecule has 1 rings (SSSR count). The van der Waals surface area contributed by atoms with Crippen molar-refractivity contribution >= 4 is 17.8 Å².